The molecule has 1 aromatic rings. The van der Waals surface area contributed by atoms with E-state index in [1.54, 1.807) is 12.1 Å². The van der Waals surface area contributed by atoms with Crippen LogP contribution in [0.1, 0.15) is 4.88 Å². The molecule has 0 atom stereocenters. The monoisotopic (exact) mass is 259 g/mol. The number of hydrogen-bond acceptors (Lipinski definition) is 4. The molecule has 1 saturated heterocycles. The topological polar surface area (TPSA) is 37.4 Å². The largest absolute Gasteiger partial charge is 0.293 e. The average Bonchev–Trinajstić information content (AvgIpc) is 2.68. The van der Waals surface area contributed by atoms with Gasteiger partial charge in [0.25, 0.3) is 11.1 Å². The lowest BCUT2D eigenvalue weighted by Gasteiger charge is -2.00. The molecular weight excluding hydrogens is 254 g/mol. The van der Waals surface area contributed by atoms with Gasteiger partial charge in [0, 0.05) is 11.9 Å². The maximum absolute atomic E-state index is 11.5. The zero-order valence-electron chi connectivity index (χ0n) is 7.69. The third-order valence-electron chi connectivity index (χ3n) is 1.85. The molecule has 3 nitrogen and oxygen atoms in total. The Morgan fingerprint density at radius 3 is 2.60 bits per heavy atom. The Balaban J connectivity index is 2.29. The Hall–Kier alpha value is -0.780. The molecule has 1 fully saturated rings. The van der Waals surface area contributed by atoms with Gasteiger partial charge in [-0.2, -0.15) is 0 Å². The van der Waals surface area contributed by atoms with Gasteiger partial charge in [0.05, 0.1) is 9.24 Å². The molecule has 1 aliphatic rings. The van der Waals surface area contributed by atoms with E-state index >= 15 is 0 Å². The van der Waals surface area contributed by atoms with Crippen LogP contribution in [0.5, 0.6) is 0 Å². The average molecular weight is 260 g/mol. The highest BCUT2D eigenvalue weighted by Crippen LogP contribution is 2.33. The molecule has 6 heteroatoms. The van der Waals surface area contributed by atoms with Crippen LogP contribution >= 0.6 is 34.7 Å². The second-order valence-corrected chi connectivity index (χ2v) is 5.62. The lowest BCUT2D eigenvalue weighted by molar-refractivity contribution is -0.121. The van der Waals surface area contributed by atoms with Crippen molar-refractivity contribution in [3.05, 3.63) is 26.3 Å². The van der Waals surface area contributed by atoms with Crippen molar-refractivity contribution in [2.75, 3.05) is 7.05 Å². The van der Waals surface area contributed by atoms with Gasteiger partial charge in [-0.25, -0.2) is 0 Å². The summed E-state index contributed by atoms with van der Waals surface area (Å²) in [4.78, 5) is 25.1. The molecule has 0 saturated carbocycles. The molecule has 2 heterocycles. The maximum atomic E-state index is 11.5. The number of thioether (sulfide) groups is 1. The summed E-state index contributed by atoms with van der Waals surface area (Å²) < 4.78 is 0.664. The summed E-state index contributed by atoms with van der Waals surface area (Å²) in [7, 11) is 1.47. The van der Waals surface area contributed by atoms with Crippen molar-refractivity contribution in [3.8, 4) is 0 Å². The predicted molar refractivity (Wildman–Crippen MR) is 63.1 cm³/mol. The Morgan fingerprint density at radius 1 is 1.40 bits per heavy atom. The summed E-state index contributed by atoms with van der Waals surface area (Å²) in [6, 6.07) is 3.57. The summed E-state index contributed by atoms with van der Waals surface area (Å²) in [6.45, 7) is 0. The van der Waals surface area contributed by atoms with Crippen molar-refractivity contribution in [3.63, 3.8) is 0 Å². The minimum atomic E-state index is -0.255. The van der Waals surface area contributed by atoms with E-state index in [9.17, 15) is 9.59 Å². The molecule has 2 rings (SSSR count). The number of imide groups is 1. The van der Waals surface area contributed by atoms with Gasteiger partial charge in [-0.15, -0.1) is 11.3 Å². The predicted octanol–water partition coefficient (Wildman–Crippen LogP) is 3.07. The van der Waals surface area contributed by atoms with Gasteiger partial charge < -0.3 is 0 Å². The lowest BCUT2D eigenvalue weighted by atomic mass is 10.4. The number of carbonyl (C=O) groups is 2. The minimum absolute atomic E-state index is 0.242. The highest BCUT2D eigenvalue weighted by Gasteiger charge is 2.31. The van der Waals surface area contributed by atoms with Crippen LogP contribution in [-0.4, -0.2) is 23.1 Å². The highest BCUT2D eigenvalue weighted by atomic mass is 35.5. The zero-order chi connectivity index (χ0) is 11.0. The molecule has 0 aliphatic carbocycles. The van der Waals surface area contributed by atoms with E-state index < -0.39 is 0 Å². The molecule has 0 N–H and O–H groups in total. The standard InChI is InChI=1S/C9H6ClNO2S2/c1-11-8(12)6(15-9(11)13)4-5-2-3-7(10)14-5/h2-4H,1H3/b6-4+. The molecular formula is C9H6ClNO2S2. The number of thiophene rings is 1. The first-order chi connectivity index (χ1) is 7.08. The van der Waals surface area contributed by atoms with E-state index in [0.29, 0.717) is 9.24 Å². The van der Waals surface area contributed by atoms with Crippen LogP contribution in [0.15, 0.2) is 17.0 Å². The summed E-state index contributed by atoms with van der Waals surface area (Å²) >= 11 is 8.08. The SMILES string of the molecule is CN1C(=O)S/C(=C/c2ccc(Cl)s2)C1=O. The molecule has 1 aromatic heterocycles. The third kappa shape index (κ3) is 2.09. The van der Waals surface area contributed by atoms with Crippen LogP contribution in [0, 0.1) is 0 Å². The first-order valence-corrected chi connectivity index (χ1v) is 6.06. The molecule has 2 amide bonds. The van der Waals surface area contributed by atoms with Gasteiger partial charge in [0.2, 0.25) is 0 Å². The van der Waals surface area contributed by atoms with Gasteiger partial charge in [-0.05, 0) is 30.0 Å². The Labute approximate surface area is 99.7 Å². The van der Waals surface area contributed by atoms with Gasteiger partial charge in [-0.3, -0.25) is 14.5 Å². The first kappa shape index (κ1) is 10.7. The van der Waals surface area contributed by atoms with Crippen molar-refractivity contribution in [1.82, 2.24) is 4.90 Å². The second kappa shape index (κ2) is 4.00. The molecule has 15 heavy (non-hydrogen) atoms. The van der Waals surface area contributed by atoms with Crippen molar-refractivity contribution in [2.24, 2.45) is 0 Å². The molecule has 0 radical (unpaired) electrons. The Kier molecular flexibility index (Phi) is 2.86. The van der Waals surface area contributed by atoms with Crippen LogP contribution in [0.25, 0.3) is 6.08 Å². The fraction of sp³-hybridized carbons (Fsp3) is 0.111. The fourth-order valence-corrected chi connectivity index (χ4v) is 2.98. The molecule has 0 spiro atoms. The normalized spacial score (nSPS) is 19.3. The Bertz CT molecular complexity index is 466. The number of nitrogens with zero attached hydrogens (tertiary/aromatic N) is 1. The van der Waals surface area contributed by atoms with Crippen LogP contribution in [-0.2, 0) is 4.79 Å². The number of amides is 2. The minimum Gasteiger partial charge on any atom is -0.272 e. The summed E-state index contributed by atoms with van der Waals surface area (Å²) in [5.41, 5.74) is 0. The van der Waals surface area contributed by atoms with E-state index in [1.807, 2.05) is 6.07 Å². The summed E-state index contributed by atoms with van der Waals surface area (Å²) in [5, 5.41) is -0.242. The molecule has 78 valence electrons. The first-order valence-electron chi connectivity index (χ1n) is 4.05. The molecule has 1 aliphatic heterocycles. The third-order valence-corrected chi connectivity index (χ3v) is 3.99. The van der Waals surface area contributed by atoms with Crippen LogP contribution in [0.3, 0.4) is 0 Å². The maximum Gasteiger partial charge on any atom is 0.293 e. The smallest absolute Gasteiger partial charge is 0.272 e. The van der Waals surface area contributed by atoms with Gasteiger partial charge in [0.15, 0.2) is 0 Å². The van der Waals surface area contributed by atoms with E-state index in [1.165, 1.54) is 18.4 Å². The second-order valence-electron chi connectivity index (χ2n) is 2.88. The van der Waals surface area contributed by atoms with E-state index in [2.05, 4.69) is 0 Å². The highest BCUT2D eigenvalue weighted by molar-refractivity contribution is 8.18. The molecule has 0 aromatic carbocycles. The summed E-state index contributed by atoms with van der Waals surface area (Å²) in [6.07, 6.45) is 1.69. The molecule has 0 bridgehead atoms. The van der Waals surface area contributed by atoms with E-state index in [0.717, 1.165) is 21.5 Å². The number of carbonyl (C=O) groups excluding carboxylic acids is 2. The number of rotatable bonds is 1. The van der Waals surface area contributed by atoms with Crippen molar-refractivity contribution < 1.29 is 9.59 Å². The van der Waals surface area contributed by atoms with Gasteiger partial charge in [0.1, 0.15) is 0 Å². The van der Waals surface area contributed by atoms with Gasteiger partial charge in [-0.1, -0.05) is 11.6 Å². The number of likely N-dealkylation sites (N-methyl/N-ethyl adjacent to an activating group) is 1. The Morgan fingerprint density at radius 2 is 2.13 bits per heavy atom. The van der Waals surface area contributed by atoms with Crippen molar-refractivity contribution >= 4 is 51.9 Å². The summed E-state index contributed by atoms with van der Waals surface area (Å²) in [5.74, 6) is -0.255. The van der Waals surface area contributed by atoms with Crippen molar-refractivity contribution in [2.45, 2.75) is 0 Å². The fourth-order valence-electron chi connectivity index (χ4n) is 1.08. The number of halogens is 1. The van der Waals surface area contributed by atoms with Crippen molar-refractivity contribution in [1.29, 1.82) is 0 Å². The van der Waals surface area contributed by atoms with E-state index in [-0.39, 0.29) is 11.1 Å². The lowest BCUT2D eigenvalue weighted by Crippen LogP contribution is -2.22. The van der Waals surface area contributed by atoms with Crippen LogP contribution < -0.4 is 0 Å². The van der Waals surface area contributed by atoms with E-state index in [4.69, 9.17) is 11.6 Å². The zero-order valence-corrected chi connectivity index (χ0v) is 10.1. The quantitative estimate of drug-likeness (QED) is 0.728. The molecule has 0 unspecified atom stereocenters. The number of hydrogen-bond donors (Lipinski definition) is 0. The van der Waals surface area contributed by atoms with Crippen LogP contribution in [0.2, 0.25) is 4.34 Å². The van der Waals surface area contributed by atoms with Gasteiger partial charge >= 0.3 is 0 Å². The van der Waals surface area contributed by atoms with Crippen LogP contribution in [0.4, 0.5) is 4.79 Å².